The van der Waals surface area contributed by atoms with Gasteiger partial charge in [0.25, 0.3) is 0 Å². The molecule has 1 aromatic carbocycles. The summed E-state index contributed by atoms with van der Waals surface area (Å²) in [6, 6.07) is 16.8. The van der Waals surface area contributed by atoms with Gasteiger partial charge in [-0.1, -0.05) is 30.3 Å². The lowest BCUT2D eigenvalue weighted by molar-refractivity contribution is -0.129. The molecule has 3 aromatic heterocycles. The average molecular weight is 444 g/mol. The molecule has 0 spiro atoms. The number of pyridine rings is 1. The Kier molecular flexibility index (Phi) is 5.57. The molecular formula is C25H25N5OS. The van der Waals surface area contributed by atoms with Crippen LogP contribution >= 0.6 is 11.3 Å². The smallest absolute Gasteiger partial charge is 0.219 e. The number of carbonyl (C=O) groups is 1. The van der Waals surface area contributed by atoms with E-state index in [1.54, 1.807) is 24.5 Å². The van der Waals surface area contributed by atoms with Crippen molar-refractivity contribution in [2.75, 3.05) is 25.0 Å². The maximum absolute atomic E-state index is 11.8. The maximum atomic E-state index is 11.8. The zero-order valence-electron chi connectivity index (χ0n) is 18.2. The van der Waals surface area contributed by atoms with Crippen molar-refractivity contribution in [1.82, 2.24) is 19.9 Å². The van der Waals surface area contributed by atoms with E-state index >= 15 is 0 Å². The van der Waals surface area contributed by atoms with Gasteiger partial charge >= 0.3 is 0 Å². The predicted octanol–water partition coefficient (Wildman–Crippen LogP) is 4.87. The van der Waals surface area contributed by atoms with Gasteiger partial charge in [0.1, 0.15) is 10.6 Å². The van der Waals surface area contributed by atoms with Crippen LogP contribution in [0.5, 0.6) is 0 Å². The van der Waals surface area contributed by atoms with E-state index in [2.05, 4.69) is 40.2 Å². The number of amides is 1. The number of fused-ring (bicyclic) bond motifs is 1. The lowest BCUT2D eigenvalue weighted by atomic mass is 10.0. The van der Waals surface area contributed by atoms with Gasteiger partial charge in [0.2, 0.25) is 5.91 Å². The summed E-state index contributed by atoms with van der Waals surface area (Å²) in [5.41, 5.74) is 2.10. The lowest BCUT2D eigenvalue weighted by Gasteiger charge is -2.37. The topological polar surface area (TPSA) is 62.2 Å². The van der Waals surface area contributed by atoms with Crippen molar-refractivity contribution < 1.29 is 4.79 Å². The standard InChI is InChI=1S/C25H25N5OS/c1-17(31)29(2)20-10-13-30(14-11-20)24-21-15-22(18-7-4-3-5-8-18)32-25(21)28-23(27-24)19-9-6-12-26-16-19/h3-9,12,15-16,20H,10-11,13-14H2,1-2H3. The van der Waals surface area contributed by atoms with Crippen LogP contribution in [0.1, 0.15) is 19.8 Å². The Bertz CT molecular complexity index is 1230. The van der Waals surface area contributed by atoms with Crippen LogP contribution in [0.15, 0.2) is 60.9 Å². The van der Waals surface area contributed by atoms with Crippen LogP contribution in [0.2, 0.25) is 0 Å². The second kappa shape index (κ2) is 8.67. The van der Waals surface area contributed by atoms with Crippen LogP contribution in [-0.2, 0) is 4.79 Å². The highest BCUT2D eigenvalue weighted by atomic mass is 32.1. The molecule has 4 aromatic rings. The number of rotatable bonds is 4. The molecule has 7 heteroatoms. The van der Waals surface area contributed by atoms with Gasteiger partial charge in [0.05, 0.1) is 5.39 Å². The van der Waals surface area contributed by atoms with Gasteiger partial charge in [-0.3, -0.25) is 9.78 Å². The number of hydrogen-bond acceptors (Lipinski definition) is 6. The second-order valence-corrected chi connectivity index (χ2v) is 9.19. The highest BCUT2D eigenvalue weighted by Crippen LogP contribution is 2.38. The first kappa shape index (κ1) is 20.6. The summed E-state index contributed by atoms with van der Waals surface area (Å²) in [4.78, 5) is 32.3. The number of anilines is 1. The van der Waals surface area contributed by atoms with Crippen molar-refractivity contribution in [3.8, 4) is 21.8 Å². The quantitative estimate of drug-likeness (QED) is 0.450. The molecule has 162 valence electrons. The minimum absolute atomic E-state index is 0.122. The van der Waals surface area contributed by atoms with Crippen molar-refractivity contribution in [3.05, 3.63) is 60.9 Å². The minimum atomic E-state index is 0.122. The maximum Gasteiger partial charge on any atom is 0.219 e. The molecule has 0 unspecified atom stereocenters. The first-order chi connectivity index (χ1) is 15.6. The Hall–Kier alpha value is -3.32. The zero-order chi connectivity index (χ0) is 22.1. The van der Waals surface area contributed by atoms with Crippen molar-refractivity contribution in [2.24, 2.45) is 0 Å². The van der Waals surface area contributed by atoms with E-state index in [1.165, 1.54) is 10.4 Å². The number of carbonyl (C=O) groups excluding carboxylic acids is 1. The fourth-order valence-electron chi connectivity index (χ4n) is 4.24. The molecule has 0 saturated carbocycles. The Labute approximate surface area is 191 Å². The third-order valence-electron chi connectivity index (χ3n) is 6.16. The normalized spacial score (nSPS) is 14.6. The van der Waals surface area contributed by atoms with Crippen LogP contribution in [0, 0.1) is 0 Å². The summed E-state index contributed by atoms with van der Waals surface area (Å²) >= 11 is 1.70. The summed E-state index contributed by atoms with van der Waals surface area (Å²) < 4.78 is 0. The largest absolute Gasteiger partial charge is 0.356 e. The molecule has 0 N–H and O–H groups in total. The van der Waals surface area contributed by atoms with Crippen LogP contribution in [0.25, 0.3) is 32.0 Å². The number of piperidine rings is 1. The zero-order valence-corrected chi connectivity index (χ0v) is 19.0. The molecule has 1 aliphatic heterocycles. The van der Waals surface area contributed by atoms with Crippen LogP contribution in [0.4, 0.5) is 5.82 Å². The third kappa shape index (κ3) is 3.96. The molecule has 5 rings (SSSR count). The number of hydrogen-bond donors (Lipinski definition) is 0. The van der Waals surface area contributed by atoms with Crippen molar-refractivity contribution in [2.45, 2.75) is 25.8 Å². The molecule has 0 bridgehead atoms. The third-order valence-corrected chi connectivity index (χ3v) is 7.24. The van der Waals surface area contributed by atoms with E-state index in [0.717, 1.165) is 47.5 Å². The molecule has 0 atom stereocenters. The average Bonchev–Trinajstić information content (AvgIpc) is 3.28. The van der Waals surface area contributed by atoms with Gasteiger partial charge in [-0.25, -0.2) is 9.97 Å². The number of thiophene rings is 1. The molecular weight excluding hydrogens is 418 g/mol. The molecule has 1 aliphatic rings. The summed E-state index contributed by atoms with van der Waals surface area (Å²) in [6.45, 7) is 3.35. The number of aromatic nitrogens is 3. The molecule has 32 heavy (non-hydrogen) atoms. The summed E-state index contributed by atoms with van der Waals surface area (Å²) in [5.74, 6) is 1.79. The fourth-order valence-corrected chi connectivity index (χ4v) is 5.27. The van der Waals surface area contributed by atoms with Gasteiger partial charge in [0.15, 0.2) is 5.82 Å². The second-order valence-electron chi connectivity index (χ2n) is 8.16. The van der Waals surface area contributed by atoms with Crippen LogP contribution < -0.4 is 4.90 Å². The first-order valence-electron chi connectivity index (χ1n) is 10.9. The minimum Gasteiger partial charge on any atom is -0.356 e. The highest BCUT2D eigenvalue weighted by Gasteiger charge is 2.26. The van der Waals surface area contributed by atoms with Crippen LogP contribution in [0.3, 0.4) is 0 Å². The van der Waals surface area contributed by atoms with Crippen molar-refractivity contribution in [1.29, 1.82) is 0 Å². The number of benzene rings is 1. The first-order valence-corrected chi connectivity index (χ1v) is 11.7. The molecule has 6 nitrogen and oxygen atoms in total. The monoisotopic (exact) mass is 443 g/mol. The summed E-state index contributed by atoms with van der Waals surface area (Å²) in [6.07, 6.45) is 5.43. The fraction of sp³-hybridized carbons (Fsp3) is 0.280. The molecule has 0 radical (unpaired) electrons. The van der Waals surface area contributed by atoms with Gasteiger partial charge < -0.3 is 9.80 Å². The van der Waals surface area contributed by atoms with Crippen LogP contribution in [-0.4, -0.2) is 51.9 Å². The van der Waals surface area contributed by atoms with Gasteiger partial charge in [0, 0.05) is 55.9 Å². The van der Waals surface area contributed by atoms with Crippen molar-refractivity contribution >= 4 is 33.3 Å². The Morgan fingerprint density at radius 2 is 1.81 bits per heavy atom. The van der Waals surface area contributed by atoms with Gasteiger partial charge in [-0.2, -0.15) is 0 Å². The predicted molar refractivity (Wildman–Crippen MR) is 130 cm³/mol. The van der Waals surface area contributed by atoms with E-state index in [1.807, 2.05) is 36.3 Å². The Morgan fingerprint density at radius 3 is 2.50 bits per heavy atom. The van der Waals surface area contributed by atoms with E-state index in [-0.39, 0.29) is 11.9 Å². The SMILES string of the molecule is CC(=O)N(C)C1CCN(c2nc(-c3cccnc3)nc3sc(-c4ccccc4)cc23)CC1. The molecule has 1 amide bonds. The van der Waals surface area contributed by atoms with Gasteiger partial charge in [-0.15, -0.1) is 11.3 Å². The van der Waals surface area contributed by atoms with Crippen molar-refractivity contribution in [3.63, 3.8) is 0 Å². The van der Waals surface area contributed by atoms with E-state index in [9.17, 15) is 4.79 Å². The Morgan fingerprint density at radius 1 is 1.06 bits per heavy atom. The van der Waals surface area contributed by atoms with E-state index in [0.29, 0.717) is 5.82 Å². The number of nitrogens with zero attached hydrogens (tertiary/aromatic N) is 5. The molecule has 4 heterocycles. The van der Waals surface area contributed by atoms with Gasteiger partial charge in [-0.05, 0) is 36.6 Å². The van der Waals surface area contributed by atoms with E-state index < -0.39 is 0 Å². The Balaban J connectivity index is 1.55. The highest BCUT2D eigenvalue weighted by molar-refractivity contribution is 7.22. The summed E-state index contributed by atoms with van der Waals surface area (Å²) in [5, 5.41) is 1.08. The molecule has 1 saturated heterocycles. The lowest BCUT2D eigenvalue weighted by Crippen LogP contribution is -2.45. The molecule has 1 fully saturated rings. The molecule has 0 aliphatic carbocycles. The summed E-state index contributed by atoms with van der Waals surface area (Å²) in [7, 11) is 1.90. The van der Waals surface area contributed by atoms with E-state index in [4.69, 9.17) is 9.97 Å².